The highest BCUT2D eigenvalue weighted by atomic mass is 16.6. The van der Waals surface area contributed by atoms with Gasteiger partial charge in [-0.2, -0.15) is 0 Å². The lowest BCUT2D eigenvalue weighted by Crippen LogP contribution is -2.23. The van der Waals surface area contributed by atoms with Gasteiger partial charge in [-0.15, -0.1) is 0 Å². The summed E-state index contributed by atoms with van der Waals surface area (Å²) < 4.78 is 0. The maximum absolute atomic E-state index is 10.8. The van der Waals surface area contributed by atoms with Gasteiger partial charge in [0.25, 0.3) is 5.69 Å². The molecule has 0 saturated carbocycles. The van der Waals surface area contributed by atoms with Gasteiger partial charge in [0.2, 0.25) is 0 Å². The van der Waals surface area contributed by atoms with Gasteiger partial charge in [0.1, 0.15) is 5.82 Å². The zero-order valence-electron chi connectivity index (χ0n) is 11.7. The average molecular weight is 284 g/mol. The first-order valence-corrected chi connectivity index (χ1v) is 6.84. The topological polar surface area (TPSA) is 80.1 Å². The average Bonchev–Trinajstić information content (AvgIpc) is 2.47. The maximum atomic E-state index is 10.8. The van der Waals surface area contributed by atoms with Gasteiger partial charge >= 0.3 is 0 Å². The number of hydrogen-bond donors (Lipinski definition) is 2. The number of benzene rings is 1. The standard InChI is InChI=1S/C15H16N4O2/c1-10-6-13(2-3-14(10)19(20)21)18-15-7-12-8-16-5-4-11(12)9-17-15/h2-3,6-7,9,16H,4-5,8H2,1H3,(H,17,18). The molecule has 0 aliphatic carbocycles. The summed E-state index contributed by atoms with van der Waals surface area (Å²) in [5, 5.41) is 17.3. The summed E-state index contributed by atoms with van der Waals surface area (Å²) in [6.07, 6.45) is 2.90. The molecule has 21 heavy (non-hydrogen) atoms. The fraction of sp³-hybridized carbons (Fsp3) is 0.267. The number of nitro groups is 1. The molecule has 0 unspecified atom stereocenters. The quantitative estimate of drug-likeness (QED) is 0.669. The predicted molar refractivity (Wildman–Crippen MR) is 80.8 cm³/mol. The van der Waals surface area contributed by atoms with E-state index in [0.717, 1.165) is 31.0 Å². The minimum atomic E-state index is -0.373. The van der Waals surface area contributed by atoms with Crippen molar-refractivity contribution in [2.75, 3.05) is 11.9 Å². The van der Waals surface area contributed by atoms with Gasteiger partial charge < -0.3 is 10.6 Å². The van der Waals surface area contributed by atoms with E-state index in [1.54, 1.807) is 19.1 Å². The van der Waals surface area contributed by atoms with Crippen molar-refractivity contribution in [3.05, 3.63) is 57.3 Å². The molecule has 6 heteroatoms. The van der Waals surface area contributed by atoms with Crippen LogP contribution in [-0.4, -0.2) is 16.5 Å². The smallest absolute Gasteiger partial charge is 0.272 e. The van der Waals surface area contributed by atoms with Crippen molar-refractivity contribution in [3.8, 4) is 0 Å². The second-order valence-electron chi connectivity index (χ2n) is 5.15. The molecule has 1 aromatic carbocycles. The predicted octanol–water partition coefficient (Wildman–Crippen LogP) is 2.69. The van der Waals surface area contributed by atoms with Gasteiger partial charge in [-0.25, -0.2) is 4.98 Å². The Bertz CT molecular complexity index is 700. The number of hydrogen-bond acceptors (Lipinski definition) is 5. The highest BCUT2D eigenvalue weighted by Crippen LogP contribution is 2.24. The number of aryl methyl sites for hydroxylation is 1. The molecule has 2 heterocycles. The van der Waals surface area contributed by atoms with Crippen LogP contribution in [0.3, 0.4) is 0 Å². The number of aromatic nitrogens is 1. The number of nitro benzene ring substituents is 1. The van der Waals surface area contributed by atoms with Crippen molar-refractivity contribution < 1.29 is 4.92 Å². The lowest BCUT2D eigenvalue weighted by atomic mass is 10.0. The van der Waals surface area contributed by atoms with E-state index < -0.39 is 0 Å². The van der Waals surface area contributed by atoms with Crippen LogP contribution in [0, 0.1) is 17.0 Å². The highest BCUT2D eigenvalue weighted by Gasteiger charge is 2.12. The molecule has 1 aliphatic rings. The Hall–Kier alpha value is -2.47. The molecule has 0 radical (unpaired) electrons. The van der Waals surface area contributed by atoms with Crippen LogP contribution in [0.15, 0.2) is 30.5 Å². The van der Waals surface area contributed by atoms with E-state index in [2.05, 4.69) is 15.6 Å². The summed E-state index contributed by atoms with van der Waals surface area (Å²) in [5.74, 6) is 0.755. The van der Waals surface area contributed by atoms with Crippen LogP contribution in [0.2, 0.25) is 0 Å². The van der Waals surface area contributed by atoms with E-state index in [-0.39, 0.29) is 10.6 Å². The number of anilines is 2. The lowest BCUT2D eigenvalue weighted by molar-refractivity contribution is -0.385. The first kappa shape index (κ1) is 13.5. The molecule has 0 bridgehead atoms. The molecule has 6 nitrogen and oxygen atoms in total. The second-order valence-corrected chi connectivity index (χ2v) is 5.15. The summed E-state index contributed by atoms with van der Waals surface area (Å²) in [7, 11) is 0. The number of fused-ring (bicyclic) bond motifs is 1. The summed E-state index contributed by atoms with van der Waals surface area (Å²) >= 11 is 0. The highest BCUT2D eigenvalue weighted by molar-refractivity contribution is 5.61. The molecular formula is C15H16N4O2. The third kappa shape index (κ3) is 2.85. The monoisotopic (exact) mass is 284 g/mol. The van der Waals surface area contributed by atoms with Gasteiger partial charge in [-0.1, -0.05) is 0 Å². The minimum absolute atomic E-state index is 0.128. The molecular weight excluding hydrogens is 268 g/mol. The van der Waals surface area contributed by atoms with Crippen LogP contribution in [0.5, 0.6) is 0 Å². The second kappa shape index (κ2) is 5.49. The van der Waals surface area contributed by atoms with Crippen LogP contribution in [0.4, 0.5) is 17.2 Å². The first-order valence-electron chi connectivity index (χ1n) is 6.84. The van der Waals surface area contributed by atoms with Crippen molar-refractivity contribution in [3.63, 3.8) is 0 Å². The molecule has 1 aromatic heterocycles. The third-order valence-corrected chi connectivity index (χ3v) is 3.64. The zero-order chi connectivity index (χ0) is 14.8. The Balaban J connectivity index is 1.83. The number of rotatable bonds is 3. The van der Waals surface area contributed by atoms with Crippen molar-refractivity contribution in [2.45, 2.75) is 19.9 Å². The van der Waals surface area contributed by atoms with Gasteiger partial charge in [0.15, 0.2) is 0 Å². The third-order valence-electron chi connectivity index (χ3n) is 3.64. The van der Waals surface area contributed by atoms with E-state index in [1.165, 1.54) is 17.2 Å². The molecule has 1 aliphatic heterocycles. The zero-order valence-corrected chi connectivity index (χ0v) is 11.7. The Labute approximate surface area is 122 Å². The molecule has 0 amide bonds. The molecule has 0 saturated heterocycles. The summed E-state index contributed by atoms with van der Waals surface area (Å²) in [5.41, 5.74) is 4.08. The molecule has 0 spiro atoms. The van der Waals surface area contributed by atoms with E-state index >= 15 is 0 Å². The first-order chi connectivity index (χ1) is 10.1. The number of pyridine rings is 1. The van der Waals surface area contributed by atoms with E-state index in [0.29, 0.717) is 5.56 Å². The molecule has 3 rings (SSSR count). The Morgan fingerprint density at radius 2 is 2.19 bits per heavy atom. The van der Waals surface area contributed by atoms with Gasteiger partial charge in [0, 0.05) is 30.1 Å². The van der Waals surface area contributed by atoms with E-state index in [4.69, 9.17) is 0 Å². The molecule has 2 N–H and O–H groups in total. The van der Waals surface area contributed by atoms with Crippen LogP contribution in [-0.2, 0) is 13.0 Å². The molecule has 0 fully saturated rings. The minimum Gasteiger partial charge on any atom is -0.340 e. The van der Waals surface area contributed by atoms with Gasteiger partial charge in [-0.05, 0) is 49.2 Å². The van der Waals surface area contributed by atoms with Crippen molar-refractivity contribution in [1.29, 1.82) is 0 Å². The fourth-order valence-electron chi connectivity index (χ4n) is 2.52. The van der Waals surface area contributed by atoms with E-state index in [1.807, 2.05) is 12.3 Å². The van der Waals surface area contributed by atoms with E-state index in [9.17, 15) is 10.1 Å². The Morgan fingerprint density at radius 3 is 2.95 bits per heavy atom. The van der Waals surface area contributed by atoms with Crippen molar-refractivity contribution in [1.82, 2.24) is 10.3 Å². The largest absolute Gasteiger partial charge is 0.340 e. The van der Waals surface area contributed by atoms with Crippen molar-refractivity contribution in [2.24, 2.45) is 0 Å². The molecule has 0 atom stereocenters. The normalized spacial score (nSPS) is 13.6. The Kier molecular flexibility index (Phi) is 3.53. The number of nitrogens with one attached hydrogen (secondary N) is 2. The summed E-state index contributed by atoms with van der Waals surface area (Å²) in [6, 6.07) is 7.00. The number of nitrogens with zero attached hydrogens (tertiary/aromatic N) is 2. The van der Waals surface area contributed by atoms with Crippen LogP contribution < -0.4 is 10.6 Å². The van der Waals surface area contributed by atoms with Crippen LogP contribution in [0.1, 0.15) is 16.7 Å². The van der Waals surface area contributed by atoms with Crippen LogP contribution >= 0.6 is 0 Å². The van der Waals surface area contributed by atoms with Gasteiger partial charge in [0.05, 0.1) is 4.92 Å². The van der Waals surface area contributed by atoms with Gasteiger partial charge in [-0.3, -0.25) is 10.1 Å². The Morgan fingerprint density at radius 1 is 1.33 bits per heavy atom. The van der Waals surface area contributed by atoms with Crippen molar-refractivity contribution >= 4 is 17.2 Å². The SMILES string of the molecule is Cc1cc(Nc2cc3c(cn2)CCNC3)ccc1[N+](=O)[O-]. The lowest BCUT2D eigenvalue weighted by Gasteiger charge is -2.17. The summed E-state index contributed by atoms with van der Waals surface area (Å²) in [4.78, 5) is 14.8. The molecule has 2 aromatic rings. The molecule has 108 valence electrons. The van der Waals surface area contributed by atoms with Crippen LogP contribution in [0.25, 0.3) is 0 Å². The fourth-order valence-corrected chi connectivity index (χ4v) is 2.52. The maximum Gasteiger partial charge on any atom is 0.272 e. The summed E-state index contributed by atoms with van der Waals surface area (Å²) in [6.45, 7) is 3.57.